The van der Waals surface area contributed by atoms with Gasteiger partial charge < -0.3 is 5.11 Å². The van der Waals surface area contributed by atoms with Gasteiger partial charge in [-0.15, -0.1) is 5.11 Å². The number of rotatable bonds is 4. The van der Waals surface area contributed by atoms with Crippen LogP contribution in [0.2, 0.25) is 0 Å². The first-order chi connectivity index (χ1) is 15.4. The van der Waals surface area contributed by atoms with Gasteiger partial charge in [-0.3, -0.25) is 9.55 Å². The monoisotopic (exact) mass is 443 g/mol. The van der Waals surface area contributed by atoms with Crippen LogP contribution in [0.15, 0.2) is 99.0 Å². The van der Waals surface area contributed by atoms with E-state index in [2.05, 4.69) is 15.2 Å². The van der Waals surface area contributed by atoms with E-state index in [1.165, 1.54) is 6.07 Å². The summed E-state index contributed by atoms with van der Waals surface area (Å²) in [5.41, 5.74) is 3.43. The number of aliphatic imine (C=N–C) groups is 1. The number of phenols is 1. The molecule has 1 heterocycles. The van der Waals surface area contributed by atoms with Crippen LogP contribution in [0, 0.1) is 0 Å². The van der Waals surface area contributed by atoms with Gasteiger partial charge >= 0.3 is 0 Å². The smallest absolute Gasteiger partial charge is 0.296 e. The fraction of sp³-hybridized carbons (Fsp3) is 0.0417. The predicted octanol–water partition coefficient (Wildman–Crippen LogP) is 5.88. The number of hydrogen-bond donors (Lipinski definition) is 2. The summed E-state index contributed by atoms with van der Waals surface area (Å²) in [7, 11) is -4.69. The van der Waals surface area contributed by atoms with Crippen LogP contribution in [-0.2, 0) is 16.5 Å². The number of azo groups is 1. The molecule has 5 rings (SSSR count). The Morgan fingerprint density at radius 3 is 2.22 bits per heavy atom. The van der Waals surface area contributed by atoms with Gasteiger partial charge in [-0.1, -0.05) is 48.5 Å². The first-order valence-corrected chi connectivity index (χ1v) is 11.2. The minimum absolute atomic E-state index is 0.314. The lowest BCUT2D eigenvalue weighted by Gasteiger charge is -2.11. The molecule has 0 unspecified atom stereocenters. The zero-order valence-corrected chi connectivity index (χ0v) is 17.5. The van der Waals surface area contributed by atoms with Crippen molar-refractivity contribution in [1.29, 1.82) is 0 Å². The van der Waals surface area contributed by atoms with Gasteiger partial charge in [-0.2, -0.15) is 13.5 Å². The number of aromatic hydroxyl groups is 1. The van der Waals surface area contributed by atoms with E-state index in [1.807, 2.05) is 36.4 Å². The maximum absolute atomic E-state index is 12.2. The molecule has 0 radical (unpaired) electrons. The molecule has 1 aliphatic rings. The molecule has 0 fully saturated rings. The Morgan fingerprint density at radius 1 is 0.844 bits per heavy atom. The normalized spacial score (nSPS) is 13.5. The molecule has 158 valence electrons. The summed E-state index contributed by atoms with van der Waals surface area (Å²) >= 11 is 0. The molecule has 0 spiro atoms. The third-order valence-corrected chi connectivity index (χ3v) is 6.19. The van der Waals surface area contributed by atoms with E-state index in [9.17, 15) is 18.1 Å². The standard InChI is InChI=1S/C24H17N3O4S/c28-24-17-11-12-20-19(13-21(25-20)15-7-3-1-4-8-15)18(17)14-22(32(29,30)31)23(24)27-26-16-9-5-2-6-10-16/h1-12,14,28H,13H2,(H,29,30,31). The summed E-state index contributed by atoms with van der Waals surface area (Å²) in [6, 6.07) is 23.1. The van der Waals surface area contributed by atoms with Crippen LogP contribution in [-0.4, -0.2) is 23.8 Å². The van der Waals surface area contributed by atoms with Gasteiger partial charge in [0.15, 0.2) is 5.75 Å². The zero-order valence-electron chi connectivity index (χ0n) is 16.7. The van der Waals surface area contributed by atoms with Crippen LogP contribution in [0.4, 0.5) is 17.1 Å². The minimum atomic E-state index is -4.69. The van der Waals surface area contributed by atoms with Crippen LogP contribution >= 0.6 is 0 Å². The SMILES string of the molecule is O=S(=O)(O)c1cc2c3c(ccc2c(O)c1N=Nc1ccccc1)N=C(c1ccccc1)C3. The highest BCUT2D eigenvalue weighted by molar-refractivity contribution is 7.86. The van der Waals surface area contributed by atoms with Crippen molar-refractivity contribution in [1.82, 2.24) is 0 Å². The summed E-state index contributed by atoms with van der Waals surface area (Å²) in [5.74, 6) is -0.370. The Balaban J connectivity index is 1.67. The molecule has 0 amide bonds. The first-order valence-electron chi connectivity index (χ1n) is 9.80. The average Bonchev–Trinajstić information content (AvgIpc) is 3.24. The highest BCUT2D eigenvalue weighted by Gasteiger charge is 2.26. The van der Waals surface area contributed by atoms with Crippen LogP contribution < -0.4 is 0 Å². The molecule has 8 heteroatoms. The second-order valence-corrected chi connectivity index (χ2v) is 8.73. The maximum atomic E-state index is 12.2. The molecule has 0 saturated heterocycles. The molecule has 0 saturated carbocycles. The Kier molecular flexibility index (Phi) is 4.80. The number of benzene rings is 4. The molecule has 2 N–H and O–H groups in total. The van der Waals surface area contributed by atoms with Gasteiger partial charge in [0.05, 0.1) is 17.1 Å². The fourth-order valence-electron chi connectivity index (χ4n) is 3.80. The molecule has 1 aliphatic heterocycles. The van der Waals surface area contributed by atoms with Crippen LogP contribution in [0.1, 0.15) is 11.1 Å². The van der Waals surface area contributed by atoms with Crippen molar-refractivity contribution >= 4 is 43.7 Å². The van der Waals surface area contributed by atoms with Gasteiger partial charge in [0.25, 0.3) is 10.1 Å². The van der Waals surface area contributed by atoms with E-state index < -0.39 is 15.0 Å². The number of nitrogens with zero attached hydrogens (tertiary/aromatic N) is 3. The van der Waals surface area contributed by atoms with Crippen molar-refractivity contribution in [3.05, 3.63) is 90.0 Å². The van der Waals surface area contributed by atoms with Crippen LogP contribution in [0.25, 0.3) is 10.8 Å². The van der Waals surface area contributed by atoms with Gasteiger partial charge in [0.1, 0.15) is 10.6 Å². The van der Waals surface area contributed by atoms with Crippen molar-refractivity contribution in [2.45, 2.75) is 11.3 Å². The second kappa shape index (κ2) is 7.67. The molecule has 4 aromatic carbocycles. The Hall–Kier alpha value is -3.88. The largest absolute Gasteiger partial charge is 0.505 e. The third-order valence-electron chi connectivity index (χ3n) is 5.33. The average molecular weight is 443 g/mol. The molecule has 0 aliphatic carbocycles. The van der Waals surface area contributed by atoms with Crippen molar-refractivity contribution in [3.63, 3.8) is 0 Å². The fourth-order valence-corrected chi connectivity index (χ4v) is 4.45. The van der Waals surface area contributed by atoms with E-state index in [0.717, 1.165) is 16.8 Å². The number of phenolic OH excluding ortho intramolecular Hbond substituents is 1. The highest BCUT2D eigenvalue weighted by atomic mass is 32.2. The Labute approximate surface area is 184 Å². The summed E-state index contributed by atoms with van der Waals surface area (Å²) in [5, 5.41) is 19.8. The zero-order chi connectivity index (χ0) is 22.3. The van der Waals surface area contributed by atoms with Crippen molar-refractivity contribution in [3.8, 4) is 5.75 Å². The lowest BCUT2D eigenvalue weighted by molar-refractivity contribution is 0.472. The topological polar surface area (TPSA) is 112 Å². The van der Waals surface area contributed by atoms with Crippen LogP contribution in [0.5, 0.6) is 5.75 Å². The summed E-state index contributed by atoms with van der Waals surface area (Å²) in [6.45, 7) is 0. The van der Waals surface area contributed by atoms with Gasteiger partial charge in [-0.25, -0.2) is 0 Å². The van der Waals surface area contributed by atoms with Gasteiger partial charge in [0, 0.05) is 11.8 Å². The van der Waals surface area contributed by atoms with Gasteiger partial charge in [0.2, 0.25) is 0 Å². The molecular weight excluding hydrogens is 426 g/mol. The summed E-state index contributed by atoms with van der Waals surface area (Å²) in [6.07, 6.45) is 0.464. The van der Waals surface area contributed by atoms with Gasteiger partial charge in [-0.05, 0) is 46.8 Å². The van der Waals surface area contributed by atoms with Crippen molar-refractivity contribution in [2.75, 3.05) is 0 Å². The Morgan fingerprint density at radius 2 is 1.53 bits per heavy atom. The summed E-state index contributed by atoms with van der Waals surface area (Å²) < 4.78 is 34.2. The number of fused-ring (bicyclic) bond motifs is 3. The quantitative estimate of drug-likeness (QED) is 0.303. The molecule has 4 aromatic rings. The molecular formula is C24H17N3O4S. The Bertz CT molecular complexity index is 1510. The third kappa shape index (κ3) is 3.55. The lowest BCUT2D eigenvalue weighted by Crippen LogP contribution is -2.02. The predicted molar refractivity (Wildman–Crippen MR) is 122 cm³/mol. The molecule has 7 nitrogen and oxygen atoms in total. The van der Waals surface area contributed by atoms with E-state index in [4.69, 9.17) is 0 Å². The maximum Gasteiger partial charge on any atom is 0.296 e. The first kappa shape index (κ1) is 20.0. The van der Waals surface area contributed by atoms with E-state index in [0.29, 0.717) is 28.6 Å². The summed E-state index contributed by atoms with van der Waals surface area (Å²) in [4.78, 5) is 4.16. The molecule has 32 heavy (non-hydrogen) atoms. The van der Waals surface area contributed by atoms with E-state index >= 15 is 0 Å². The van der Waals surface area contributed by atoms with E-state index in [-0.39, 0.29) is 11.4 Å². The molecule has 0 atom stereocenters. The highest BCUT2D eigenvalue weighted by Crippen LogP contribution is 2.45. The molecule has 0 bridgehead atoms. The van der Waals surface area contributed by atoms with Crippen LogP contribution in [0.3, 0.4) is 0 Å². The molecule has 0 aromatic heterocycles. The van der Waals surface area contributed by atoms with Crippen molar-refractivity contribution in [2.24, 2.45) is 15.2 Å². The minimum Gasteiger partial charge on any atom is -0.505 e. The second-order valence-electron chi connectivity index (χ2n) is 7.34. The lowest BCUT2D eigenvalue weighted by atomic mass is 9.97. The number of hydrogen-bond acceptors (Lipinski definition) is 6. The van der Waals surface area contributed by atoms with E-state index in [1.54, 1.807) is 36.4 Å². The van der Waals surface area contributed by atoms with Crippen molar-refractivity contribution < 1.29 is 18.1 Å².